The quantitative estimate of drug-likeness (QED) is 0.282. The molecule has 5 nitrogen and oxygen atoms in total. The number of aromatic nitrogens is 1. The van der Waals surface area contributed by atoms with Crippen molar-refractivity contribution in [1.82, 2.24) is 4.98 Å². The molecule has 0 fully saturated rings. The highest BCUT2D eigenvalue weighted by Gasteiger charge is 2.14. The first kappa shape index (κ1) is 18.8. The maximum atomic E-state index is 12.4. The van der Waals surface area contributed by atoms with Crippen LogP contribution in [-0.4, -0.2) is 4.98 Å². The van der Waals surface area contributed by atoms with E-state index in [4.69, 9.17) is 4.42 Å². The Bertz CT molecular complexity index is 1550. The molecule has 0 saturated carbocycles. The van der Waals surface area contributed by atoms with Gasteiger partial charge in [-0.25, -0.2) is 9.78 Å². The molecule has 0 unspecified atom stereocenters. The number of nitriles is 1. The summed E-state index contributed by atoms with van der Waals surface area (Å²) in [5, 5.41) is 18.2. The first-order valence-corrected chi connectivity index (χ1v) is 10.4. The molecule has 6 heteroatoms. The number of rotatable bonds is 4. The van der Waals surface area contributed by atoms with Gasteiger partial charge in [0.25, 0.3) is 0 Å². The zero-order chi connectivity index (χ0) is 21.2. The molecule has 0 spiro atoms. The van der Waals surface area contributed by atoms with Crippen LogP contribution in [0.1, 0.15) is 5.01 Å². The lowest BCUT2D eigenvalue weighted by Gasteiger charge is -2.06. The molecule has 0 aliphatic carbocycles. The van der Waals surface area contributed by atoms with Crippen molar-refractivity contribution in [2.75, 3.05) is 5.32 Å². The first-order valence-electron chi connectivity index (χ1n) is 9.57. The summed E-state index contributed by atoms with van der Waals surface area (Å²) < 4.78 is 5.41. The van der Waals surface area contributed by atoms with E-state index in [9.17, 15) is 10.1 Å². The van der Waals surface area contributed by atoms with Crippen LogP contribution in [0.3, 0.4) is 0 Å². The second kappa shape index (κ2) is 7.90. The van der Waals surface area contributed by atoms with E-state index in [1.165, 1.54) is 11.3 Å². The maximum Gasteiger partial charge on any atom is 0.345 e. The first-order chi connectivity index (χ1) is 15.2. The number of nitrogens with one attached hydrogen (secondary N) is 1. The highest BCUT2D eigenvalue weighted by molar-refractivity contribution is 7.11. The zero-order valence-corrected chi connectivity index (χ0v) is 17.0. The summed E-state index contributed by atoms with van der Waals surface area (Å²) >= 11 is 1.31. The molecule has 0 bridgehead atoms. The Labute approximate surface area is 181 Å². The summed E-state index contributed by atoms with van der Waals surface area (Å²) in [6, 6.07) is 25.3. The summed E-state index contributed by atoms with van der Waals surface area (Å²) in [5.74, 6) is 0. The van der Waals surface area contributed by atoms with E-state index in [2.05, 4.69) is 16.4 Å². The monoisotopic (exact) mass is 421 g/mol. The predicted octanol–water partition coefficient (Wildman–Crippen LogP) is 6.05. The summed E-state index contributed by atoms with van der Waals surface area (Å²) in [6.45, 7) is 0. The lowest BCUT2D eigenvalue weighted by molar-refractivity contribution is 0.563. The van der Waals surface area contributed by atoms with Gasteiger partial charge in [0.05, 0.1) is 11.3 Å². The second-order valence-corrected chi connectivity index (χ2v) is 7.72. The number of para-hydroxylation sites is 1. The van der Waals surface area contributed by atoms with Crippen LogP contribution in [0.15, 0.2) is 93.6 Å². The zero-order valence-electron chi connectivity index (χ0n) is 16.2. The van der Waals surface area contributed by atoms with Gasteiger partial charge in [-0.15, -0.1) is 11.3 Å². The Hall–Kier alpha value is -4.21. The van der Waals surface area contributed by atoms with E-state index in [0.29, 0.717) is 27.4 Å². The van der Waals surface area contributed by atoms with E-state index in [1.54, 1.807) is 23.7 Å². The van der Waals surface area contributed by atoms with E-state index in [0.717, 1.165) is 21.8 Å². The van der Waals surface area contributed by atoms with Crippen molar-refractivity contribution in [2.45, 2.75) is 0 Å². The fourth-order valence-electron chi connectivity index (χ4n) is 3.40. The van der Waals surface area contributed by atoms with Gasteiger partial charge in [-0.05, 0) is 23.6 Å². The Kier molecular flexibility index (Phi) is 4.79. The van der Waals surface area contributed by atoms with Crippen LogP contribution in [0.2, 0.25) is 0 Å². The van der Waals surface area contributed by atoms with Crippen LogP contribution >= 0.6 is 11.3 Å². The largest absolute Gasteiger partial charge is 0.422 e. The third kappa shape index (κ3) is 3.59. The number of thiazole rings is 1. The van der Waals surface area contributed by atoms with Gasteiger partial charge in [0.1, 0.15) is 22.2 Å². The molecule has 148 valence electrons. The summed E-state index contributed by atoms with van der Waals surface area (Å²) in [5.41, 5.74) is 2.23. The highest BCUT2D eigenvalue weighted by Crippen LogP contribution is 2.27. The molecule has 31 heavy (non-hydrogen) atoms. The molecule has 0 amide bonds. The highest BCUT2D eigenvalue weighted by atomic mass is 32.1. The summed E-state index contributed by atoms with van der Waals surface area (Å²) in [7, 11) is 0. The fourth-order valence-corrected chi connectivity index (χ4v) is 4.19. The molecule has 2 aromatic heterocycles. The average Bonchev–Trinajstić information content (AvgIpc) is 3.29. The van der Waals surface area contributed by atoms with E-state index >= 15 is 0 Å². The molecule has 3 aromatic carbocycles. The Morgan fingerprint density at radius 2 is 1.81 bits per heavy atom. The van der Waals surface area contributed by atoms with Crippen molar-refractivity contribution in [3.8, 4) is 17.3 Å². The molecule has 0 atom stereocenters. The van der Waals surface area contributed by atoms with Gasteiger partial charge in [-0.3, -0.25) is 0 Å². The van der Waals surface area contributed by atoms with Gasteiger partial charge in [-0.1, -0.05) is 54.6 Å². The lowest BCUT2D eigenvalue weighted by Crippen LogP contribution is -2.02. The fraction of sp³-hybridized carbons (Fsp3) is 0. The molecule has 0 saturated heterocycles. The number of benzene rings is 3. The summed E-state index contributed by atoms with van der Waals surface area (Å²) in [4.78, 5) is 16.9. The van der Waals surface area contributed by atoms with Crippen molar-refractivity contribution in [2.24, 2.45) is 0 Å². The van der Waals surface area contributed by atoms with Crippen molar-refractivity contribution in [3.05, 3.63) is 99.8 Å². The Morgan fingerprint density at radius 3 is 2.68 bits per heavy atom. The molecule has 5 aromatic rings. The minimum absolute atomic E-state index is 0.375. The van der Waals surface area contributed by atoms with Gasteiger partial charge in [0.2, 0.25) is 0 Å². The number of fused-ring (bicyclic) bond motifs is 2. The molecule has 0 aliphatic heterocycles. The predicted molar refractivity (Wildman–Crippen MR) is 125 cm³/mol. The van der Waals surface area contributed by atoms with E-state index < -0.39 is 5.63 Å². The van der Waals surface area contributed by atoms with Gasteiger partial charge in [0, 0.05) is 28.0 Å². The van der Waals surface area contributed by atoms with Gasteiger partial charge in [-0.2, -0.15) is 5.26 Å². The van der Waals surface area contributed by atoms with Gasteiger partial charge >= 0.3 is 5.63 Å². The standard InChI is InChI=1S/C25H15N3O2S/c26-13-18(14-27-21-10-5-8-16-6-1-3-9-19(16)21)24-28-22(15-31-24)20-12-17-7-2-4-11-23(17)30-25(20)29/h1-12,14-15,27H. The average molecular weight is 421 g/mol. The number of hydrogen-bond donors (Lipinski definition) is 1. The van der Waals surface area contributed by atoms with Crippen LogP contribution in [-0.2, 0) is 0 Å². The third-order valence-electron chi connectivity index (χ3n) is 4.93. The van der Waals surface area contributed by atoms with Crippen LogP contribution in [0, 0.1) is 11.3 Å². The minimum Gasteiger partial charge on any atom is -0.422 e. The number of anilines is 1. The van der Waals surface area contributed by atoms with Crippen molar-refractivity contribution in [1.29, 1.82) is 5.26 Å². The van der Waals surface area contributed by atoms with E-state index in [1.807, 2.05) is 60.7 Å². The molecule has 5 rings (SSSR count). The van der Waals surface area contributed by atoms with E-state index in [-0.39, 0.29) is 0 Å². The van der Waals surface area contributed by atoms with Gasteiger partial charge < -0.3 is 9.73 Å². The molecule has 0 radical (unpaired) electrons. The SMILES string of the molecule is N#CC(=CNc1cccc2ccccc12)c1nc(-c2cc3ccccc3oc2=O)cs1. The molecule has 2 heterocycles. The van der Waals surface area contributed by atoms with Crippen molar-refractivity contribution >= 4 is 44.3 Å². The van der Waals surface area contributed by atoms with Crippen LogP contribution < -0.4 is 10.9 Å². The smallest absolute Gasteiger partial charge is 0.345 e. The van der Waals surface area contributed by atoms with Gasteiger partial charge in [0.15, 0.2) is 0 Å². The Morgan fingerprint density at radius 1 is 1.03 bits per heavy atom. The molecular formula is C25H15N3O2S. The Balaban J connectivity index is 1.49. The van der Waals surface area contributed by atoms with Crippen LogP contribution in [0.4, 0.5) is 5.69 Å². The normalized spacial score (nSPS) is 11.5. The molecule has 0 aliphatic rings. The van der Waals surface area contributed by atoms with Crippen LogP contribution in [0.5, 0.6) is 0 Å². The topological polar surface area (TPSA) is 78.9 Å². The number of hydrogen-bond acceptors (Lipinski definition) is 6. The van der Waals surface area contributed by atoms with Crippen molar-refractivity contribution in [3.63, 3.8) is 0 Å². The lowest BCUT2D eigenvalue weighted by atomic mass is 10.1. The number of nitrogens with zero attached hydrogens (tertiary/aromatic N) is 2. The van der Waals surface area contributed by atoms with Crippen molar-refractivity contribution < 1.29 is 4.42 Å². The van der Waals surface area contributed by atoms with Crippen LogP contribution in [0.25, 0.3) is 38.6 Å². The minimum atomic E-state index is -0.452. The molecular weight excluding hydrogens is 406 g/mol. The third-order valence-corrected chi connectivity index (χ3v) is 5.81. The second-order valence-electron chi connectivity index (χ2n) is 6.86. The summed E-state index contributed by atoms with van der Waals surface area (Å²) in [6.07, 6.45) is 1.65. The maximum absolute atomic E-state index is 12.4. The molecule has 1 N–H and O–H groups in total. The number of allylic oxidation sites excluding steroid dienone is 1.